The van der Waals surface area contributed by atoms with Crippen LogP contribution >= 0.6 is 0 Å². The lowest BCUT2D eigenvalue weighted by atomic mass is 9.85. The Bertz CT molecular complexity index is 325. The van der Waals surface area contributed by atoms with Gasteiger partial charge in [-0.2, -0.15) is 0 Å². The molecule has 1 unspecified atom stereocenters. The quantitative estimate of drug-likeness (QED) is 0.831. The molecule has 0 saturated heterocycles. The number of hydrogen-bond donors (Lipinski definition) is 1. The Kier molecular flexibility index (Phi) is 5.83. The molecule has 0 aliphatic carbocycles. The van der Waals surface area contributed by atoms with E-state index in [1.165, 1.54) is 5.56 Å². The average molecular weight is 248 g/mol. The predicted octanol–water partition coefficient (Wildman–Crippen LogP) is 3.32. The summed E-state index contributed by atoms with van der Waals surface area (Å²) in [6.07, 6.45) is 1.16. The Morgan fingerprint density at radius 3 is 2.22 bits per heavy atom. The van der Waals surface area contributed by atoms with E-state index in [9.17, 15) is 0 Å². The molecule has 0 spiro atoms. The van der Waals surface area contributed by atoms with Crippen molar-refractivity contribution in [3.63, 3.8) is 0 Å². The van der Waals surface area contributed by atoms with Crippen molar-refractivity contribution < 1.29 is 0 Å². The lowest BCUT2D eigenvalue weighted by molar-refractivity contribution is 0.300. The van der Waals surface area contributed by atoms with Crippen molar-refractivity contribution in [1.29, 1.82) is 0 Å². The Morgan fingerprint density at radius 1 is 1.11 bits per heavy atom. The molecular formula is C16H28N2. The normalized spacial score (nSPS) is 13.9. The molecule has 0 bridgehead atoms. The van der Waals surface area contributed by atoms with Crippen molar-refractivity contribution in [3.05, 3.63) is 35.9 Å². The maximum atomic E-state index is 3.68. The number of nitrogens with one attached hydrogen (secondary N) is 1. The van der Waals surface area contributed by atoms with E-state index in [-0.39, 0.29) is 0 Å². The summed E-state index contributed by atoms with van der Waals surface area (Å²) in [5.41, 5.74) is 1.73. The van der Waals surface area contributed by atoms with Gasteiger partial charge < -0.3 is 10.2 Å². The van der Waals surface area contributed by atoms with Crippen molar-refractivity contribution in [2.24, 2.45) is 5.41 Å². The molecule has 0 aliphatic rings. The summed E-state index contributed by atoms with van der Waals surface area (Å²) in [5, 5.41) is 3.68. The van der Waals surface area contributed by atoms with Gasteiger partial charge in [0.25, 0.3) is 0 Å². The Balaban J connectivity index is 2.64. The molecule has 0 amide bonds. The lowest BCUT2D eigenvalue weighted by Crippen LogP contribution is -2.31. The van der Waals surface area contributed by atoms with Crippen molar-refractivity contribution in [1.82, 2.24) is 10.2 Å². The molecule has 2 nitrogen and oxygen atoms in total. The smallest absolute Gasteiger partial charge is 0.0325 e. The molecule has 1 aromatic rings. The highest BCUT2D eigenvalue weighted by Gasteiger charge is 2.19. The largest absolute Gasteiger partial charge is 0.309 e. The second-order valence-electron chi connectivity index (χ2n) is 6.49. The predicted molar refractivity (Wildman–Crippen MR) is 79.8 cm³/mol. The summed E-state index contributed by atoms with van der Waals surface area (Å²) in [6.45, 7) is 9.01. The minimum atomic E-state index is 0.339. The fraction of sp³-hybridized carbons (Fsp3) is 0.625. The molecule has 0 fully saturated rings. The van der Waals surface area contributed by atoms with Gasteiger partial charge in [0.15, 0.2) is 0 Å². The van der Waals surface area contributed by atoms with Gasteiger partial charge in [-0.25, -0.2) is 0 Å². The van der Waals surface area contributed by atoms with E-state index in [0.717, 1.165) is 19.5 Å². The summed E-state index contributed by atoms with van der Waals surface area (Å²) in [5.74, 6) is 0. The van der Waals surface area contributed by atoms with E-state index in [2.05, 4.69) is 75.4 Å². The fourth-order valence-corrected chi connectivity index (χ4v) is 2.07. The third-order valence-corrected chi connectivity index (χ3v) is 2.97. The molecule has 1 atom stereocenters. The van der Waals surface area contributed by atoms with Crippen molar-refractivity contribution in [2.45, 2.75) is 33.2 Å². The van der Waals surface area contributed by atoms with Crippen molar-refractivity contribution >= 4 is 0 Å². The molecular weight excluding hydrogens is 220 g/mol. The van der Waals surface area contributed by atoms with Crippen LogP contribution in [-0.2, 0) is 0 Å². The highest BCUT2D eigenvalue weighted by Crippen LogP contribution is 2.29. The third-order valence-electron chi connectivity index (χ3n) is 2.97. The van der Waals surface area contributed by atoms with Crippen molar-refractivity contribution in [2.75, 3.05) is 27.2 Å². The molecule has 2 heteroatoms. The third kappa shape index (κ3) is 6.18. The molecule has 1 aromatic carbocycles. The second-order valence-corrected chi connectivity index (χ2v) is 6.49. The minimum Gasteiger partial charge on any atom is -0.309 e. The van der Waals surface area contributed by atoms with Crippen molar-refractivity contribution in [3.8, 4) is 0 Å². The molecule has 1 rings (SSSR count). The van der Waals surface area contributed by atoms with E-state index in [1.54, 1.807) is 0 Å². The number of benzene rings is 1. The van der Waals surface area contributed by atoms with Crippen LogP contribution in [0.5, 0.6) is 0 Å². The van der Waals surface area contributed by atoms with Crippen LogP contribution < -0.4 is 5.32 Å². The van der Waals surface area contributed by atoms with Gasteiger partial charge in [0.2, 0.25) is 0 Å². The standard InChI is InChI=1S/C16H28N2/c1-16(2,3)13-15(17-11-12-18(4)5)14-9-7-6-8-10-14/h6-10,15,17H,11-13H2,1-5H3. The zero-order valence-electron chi connectivity index (χ0n) is 12.5. The summed E-state index contributed by atoms with van der Waals surface area (Å²) in [4.78, 5) is 2.21. The number of hydrogen-bond acceptors (Lipinski definition) is 2. The maximum Gasteiger partial charge on any atom is 0.0325 e. The monoisotopic (exact) mass is 248 g/mol. The van der Waals surface area contributed by atoms with E-state index in [4.69, 9.17) is 0 Å². The van der Waals surface area contributed by atoms with Gasteiger partial charge >= 0.3 is 0 Å². The zero-order valence-corrected chi connectivity index (χ0v) is 12.5. The molecule has 0 aromatic heterocycles. The molecule has 0 aliphatic heterocycles. The number of rotatable bonds is 6. The van der Waals surface area contributed by atoms with Gasteiger partial charge in [0.1, 0.15) is 0 Å². The van der Waals surface area contributed by atoms with Crippen LogP contribution in [0.2, 0.25) is 0 Å². The number of nitrogens with zero attached hydrogens (tertiary/aromatic N) is 1. The summed E-state index contributed by atoms with van der Waals surface area (Å²) < 4.78 is 0. The van der Waals surface area contributed by atoms with Crippen LogP contribution in [0.3, 0.4) is 0 Å². The molecule has 18 heavy (non-hydrogen) atoms. The first kappa shape index (κ1) is 15.2. The SMILES string of the molecule is CN(C)CCNC(CC(C)(C)C)c1ccccc1. The topological polar surface area (TPSA) is 15.3 Å². The van der Waals surface area contributed by atoms with E-state index in [0.29, 0.717) is 11.5 Å². The molecule has 1 N–H and O–H groups in total. The van der Waals surface area contributed by atoms with E-state index in [1.807, 2.05) is 0 Å². The van der Waals surface area contributed by atoms with Gasteiger partial charge in [0.05, 0.1) is 0 Å². The summed E-state index contributed by atoms with van der Waals surface area (Å²) in [7, 11) is 4.23. The summed E-state index contributed by atoms with van der Waals surface area (Å²) in [6, 6.07) is 11.2. The van der Waals surface area contributed by atoms with Gasteiger partial charge in [-0.1, -0.05) is 51.1 Å². The maximum absolute atomic E-state index is 3.68. The molecule has 0 heterocycles. The molecule has 0 radical (unpaired) electrons. The van der Waals surface area contributed by atoms with Gasteiger partial charge in [-0.05, 0) is 31.5 Å². The Labute approximate surface area is 112 Å². The van der Waals surface area contributed by atoms with Crippen LogP contribution in [0, 0.1) is 5.41 Å². The molecule has 0 saturated carbocycles. The van der Waals surface area contributed by atoms with Crippen LogP contribution in [-0.4, -0.2) is 32.1 Å². The van der Waals surface area contributed by atoms with Crippen LogP contribution in [0.1, 0.15) is 38.8 Å². The van der Waals surface area contributed by atoms with Gasteiger partial charge in [-0.15, -0.1) is 0 Å². The van der Waals surface area contributed by atoms with Gasteiger partial charge in [-0.3, -0.25) is 0 Å². The second kappa shape index (κ2) is 6.91. The highest BCUT2D eigenvalue weighted by atomic mass is 15.1. The first-order valence-electron chi connectivity index (χ1n) is 6.81. The first-order valence-corrected chi connectivity index (χ1v) is 6.81. The average Bonchev–Trinajstić information content (AvgIpc) is 2.27. The highest BCUT2D eigenvalue weighted by molar-refractivity contribution is 5.19. The van der Waals surface area contributed by atoms with E-state index < -0.39 is 0 Å². The Hall–Kier alpha value is -0.860. The first-order chi connectivity index (χ1) is 8.38. The fourth-order valence-electron chi connectivity index (χ4n) is 2.07. The molecule has 102 valence electrons. The van der Waals surface area contributed by atoms with Crippen LogP contribution in [0.15, 0.2) is 30.3 Å². The van der Waals surface area contributed by atoms with E-state index >= 15 is 0 Å². The van der Waals surface area contributed by atoms with Crippen LogP contribution in [0.25, 0.3) is 0 Å². The Morgan fingerprint density at radius 2 is 1.72 bits per heavy atom. The lowest BCUT2D eigenvalue weighted by Gasteiger charge is -2.28. The minimum absolute atomic E-state index is 0.339. The van der Waals surface area contributed by atoms with Crippen LogP contribution in [0.4, 0.5) is 0 Å². The van der Waals surface area contributed by atoms with Gasteiger partial charge in [0, 0.05) is 19.1 Å². The number of likely N-dealkylation sites (N-methyl/N-ethyl adjacent to an activating group) is 1. The zero-order chi connectivity index (χ0) is 13.6. The summed E-state index contributed by atoms with van der Waals surface area (Å²) >= 11 is 0.